The van der Waals surface area contributed by atoms with E-state index in [0.717, 1.165) is 19.4 Å². The van der Waals surface area contributed by atoms with Gasteiger partial charge < -0.3 is 10.0 Å². The fourth-order valence-electron chi connectivity index (χ4n) is 3.04. The third-order valence-electron chi connectivity index (χ3n) is 4.83. The summed E-state index contributed by atoms with van der Waals surface area (Å²) < 4.78 is 0. The first kappa shape index (κ1) is 13.4. The van der Waals surface area contributed by atoms with E-state index in [1.54, 1.807) is 4.90 Å². The molecule has 0 spiro atoms. The van der Waals surface area contributed by atoms with E-state index in [1.807, 2.05) is 6.92 Å². The SMILES string of the molecule is CCC1(C(=O)O)CCCN(C(=O)C2CC2(C)C)C1. The second-order valence-electron chi connectivity index (χ2n) is 6.55. The molecule has 1 amide bonds. The summed E-state index contributed by atoms with van der Waals surface area (Å²) in [7, 11) is 0. The Morgan fingerprint density at radius 3 is 2.44 bits per heavy atom. The van der Waals surface area contributed by atoms with Crippen LogP contribution >= 0.6 is 0 Å². The molecule has 1 aliphatic carbocycles. The summed E-state index contributed by atoms with van der Waals surface area (Å²) in [5.74, 6) is -0.477. The van der Waals surface area contributed by atoms with Crippen LogP contribution < -0.4 is 0 Å². The molecule has 4 nitrogen and oxygen atoms in total. The molecule has 18 heavy (non-hydrogen) atoms. The van der Waals surface area contributed by atoms with Crippen LogP contribution in [-0.2, 0) is 9.59 Å². The van der Waals surface area contributed by atoms with Gasteiger partial charge in [-0.25, -0.2) is 0 Å². The zero-order valence-corrected chi connectivity index (χ0v) is 11.5. The van der Waals surface area contributed by atoms with Crippen molar-refractivity contribution in [2.75, 3.05) is 13.1 Å². The lowest BCUT2D eigenvalue weighted by Crippen LogP contribution is -2.50. The summed E-state index contributed by atoms with van der Waals surface area (Å²) in [6, 6.07) is 0. The number of carbonyl (C=O) groups is 2. The van der Waals surface area contributed by atoms with Gasteiger partial charge in [-0.15, -0.1) is 0 Å². The number of hydrogen-bond donors (Lipinski definition) is 1. The van der Waals surface area contributed by atoms with E-state index in [1.165, 1.54) is 0 Å². The average molecular weight is 253 g/mol. The summed E-state index contributed by atoms with van der Waals surface area (Å²) in [5, 5.41) is 9.41. The van der Waals surface area contributed by atoms with E-state index in [9.17, 15) is 14.7 Å². The highest BCUT2D eigenvalue weighted by Crippen LogP contribution is 2.53. The molecule has 2 fully saturated rings. The molecule has 2 unspecified atom stereocenters. The largest absolute Gasteiger partial charge is 0.481 e. The van der Waals surface area contributed by atoms with Crippen molar-refractivity contribution >= 4 is 11.9 Å². The Balaban J connectivity index is 2.07. The summed E-state index contributed by atoms with van der Waals surface area (Å²) in [4.78, 5) is 25.6. The number of hydrogen-bond acceptors (Lipinski definition) is 2. The molecule has 1 aliphatic heterocycles. The second-order valence-corrected chi connectivity index (χ2v) is 6.55. The Labute approximate surface area is 108 Å². The van der Waals surface area contributed by atoms with E-state index in [0.29, 0.717) is 19.4 Å². The predicted octanol–water partition coefficient (Wildman–Crippen LogP) is 2.14. The number of carboxylic acid groups (broad SMARTS) is 1. The Kier molecular flexibility index (Phi) is 3.16. The molecular weight excluding hydrogens is 230 g/mol. The first-order valence-corrected chi connectivity index (χ1v) is 6.84. The van der Waals surface area contributed by atoms with E-state index in [-0.39, 0.29) is 17.2 Å². The minimum Gasteiger partial charge on any atom is -0.481 e. The van der Waals surface area contributed by atoms with Gasteiger partial charge in [0.2, 0.25) is 5.91 Å². The summed E-state index contributed by atoms with van der Waals surface area (Å²) in [5.41, 5.74) is -0.598. The van der Waals surface area contributed by atoms with Crippen molar-refractivity contribution in [1.29, 1.82) is 0 Å². The minimum atomic E-state index is -0.752. The maximum Gasteiger partial charge on any atom is 0.311 e. The maximum absolute atomic E-state index is 12.3. The van der Waals surface area contributed by atoms with Gasteiger partial charge in [0.15, 0.2) is 0 Å². The monoisotopic (exact) mass is 253 g/mol. The fourth-order valence-corrected chi connectivity index (χ4v) is 3.04. The standard InChI is InChI=1S/C14H23NO3/c1-4-14(12(17)18)6-5-7-15(9-14)11(16)10-8-13(10,2)3/h10H,4-9H2,1-3H3,(H,17,18). The minimum absolute atomic E-state index is 0.110. The maximum atomic E-state index is 12.3. The predicted molar refractivity (Wildman–Crippen MR) is 68.1 cm³/mol. The van der Waals surface area contributed by atoms with E-state index < -0.39 is 11.4 Å². The highest BCUT2D eigenvalue weighted by Gasteiger charge is 2.53. The molecule has 1 heterocycles. The molecule has 0 radical (unpaired) electrons. The zero-order valence-electron chi connectivity index (χ0n) is 11.5. The van der Waals surface area contributed by atoms with Crippen LogP contribution in [0.5, 0.6) is 0 Å². The van der Waals surface area contributed by atoms with Crippen molar-refractivity contribution in [3.63, 3.8) is 0 Å². The molecule has 2 rings (SSSR count). The van der Waals surface area contributed by atoms with E-state index in [2.05, 4.69) is 13.8 Å². The van der Waals surface area contributed by atoms with Gasteiger partial charge in [0, 0.05) is 19.0 Å². The highest BCUT2D eigenvalue weighted by atomic mass is 16.4. The fraction of sp³-hybridized carbons (Fsp3) is 0.857. The zero-order chi connectivity index (χ0) is 13.6. The topological polar surface area (TPSA) is 57.6 Å². The van der Waals surface area contributed by atoms with Crippen LogP contribution in [0, 0.1) is 16.7 Å². The number of rotatable bonds is 3. The van der Waals surface area contributed by atoms with Crippen LogP contribution in [0.1, 0.15) is 46.5 Å². The molecule has 4 heteroatoms. The van der Waals surface area contributed by atoms with Gasteiger partial charge in [-0.1, -0.05) is 20.8 Å². The van der Waals surface area contributed by atoms with Crippen LogP contribution in [0.4, 0.5) is 0 Å². The van der Waals surface area contributed by atoms with Crippen molar-refractivity contribution in [2.24, 2.45) is 16.7 Å². The van der Waals surface area contributed by atoms with Crippen molar-refractivity contribution in [1.82, 2.24) is 4.90 Å². The van der Waals surface area contributed by atoms with Crippen LogP contribution in [0.2, 0.25) is 0 Å². The Bertz CT molecular complexity index is 377. The van der Waals surface area contributed by atoms with Crippen molar-refractivity contribution in [3.8, 4) is 0 Å². The van der Waals surface area contributed by atoms with Gasteiger partial charge in [-0.2, -0.15) is 0 Å². The number of carboxylic acids is 1. The van der Waals surface area contributed by atoms with Crippen LogP contribution in [-0.4, -0.2) is 35.0 Å². The van der Waals surface area contributed by atoms with Gasteiger partial charge in [0.1, 0.15) is 0 Å². The summed E-state index contributed by atoms with van der Waals surface area (Å²) in [6.45, 7) is 7.22. The van der Waals surface area contributed by atoms with E-state index in [4.69, 9.17) is 0 Å². The number of carbonyl (C=O) groups excluding carboxylic acids is 1. The second kappa shape index (κ2) is 4.25. The van der Waals surface area contributed by atoms with Gasteiger partial charge >= 0.3 is 5.97 Å². The normalized spacial score (nSPS) is 34.2. The molecule has 2 aliphatic rings. The number of likely N-dealkylation sites (tertiary alicyclic amines) is 1. The number of amides is 1. The average Bonchev–Trinajstić information content (AvgIpc) is 2.97. The molecule has 2 atom stereocenters. The third kappa shape index (κ3) is 2.13. The molecule has 1 saturated carbocycles. The molecular formula is C14H23NO3. The lowest BCUT2D eigenvalue weighted by atomic mass is 9.77. The first-order chi connectivity index (χ1) is 8.32. The van der Waals surface area contributed by atoms with Crippen molar-refractivity contribution in [3.05, 3.63) is 0 Å². The number of nitrogens with zero attached hydrogens (tertiary/aromatic N) is 1. The lowest BCUT2D eigenvalue weighted by molar-refractivity contribution is -0.155. The first-order valence-electron chi connectivity index (χ1n) is 6.84. The van der Waals surface area contributed by atoms with Crippen LogP contribution in [0.15, 0.2) is 0 Å². The number of piperidine rings is 1. The molecule has 0 aromatic heterocycles. The van der Waals surface area contributed by atoms with Crippen molar-refractivity contribution in [2.45, 2.75) is 46.5 Å². The number of aliphatic carboxylic acids is 1. The smallest absolute Gasteiger partial charge is 0.311 e. The molecule has 1 saturated heterocycles. The molecule has 0 aromatic rings. The molecule has 102 valence electrons. The Morgan fingerprint density at radius 1 is 1.39 bits per heavy atom. The summed E-state index contributed by atoms with van der Waals surface area (Å²) in [6.07, 6.45) is 3.03. The summed E-state index contributed by atoms with van der Waals surface area (Å²) >= 11 is 0. The molecule has 1 N–H and O–H groups in total. The highest BCUT2D eigenvalue weighted by molar-refractivity contribution is 5.84. The lowest BCUT2D eigenvalue weighted by Gasteiger charge is -2.39. The van der Waals surface area contributed by atoms with Gasteiger partial charge in [0.25, 0.3) is 0 Å². The third-order valence-corrected chi connectivity index (χ3v) is 4.83. The molecule has 0 aromatic carbocycles. The molecule has 0 bridgehead atoms. The van der Waals surface area contributed by atoms with Crippen LogP contribution in [0.3, 0.4) is 0 Å². The van der Waals surface area contributed by atoms with Gasteiger partial charge in [-0.05, 0) is 31.1 Å². The van der Waals surface area contributed by atoms with Crippen molar-refractivity contribution < 1.29 is 14.7 Å². The van der Waals surface area contributed by atoms with E-state index >= 15 is 0 Å². The van der Waals surface area contributed by atoms with Crippen LogP contribution in [0.25, 0.3) is 0 Å². The Morgan fingerprint density at radius 2 is 2.00 bits per heavy atom. The quantitative estimate of drug-likeness (QED) is 0.838. The van der Waals surface area contributed by atoms with Gasteiger partial charge in [0.05, 0.1) is 5.41 Å². The van der Waals surface area contributed by atoms with Gasteiger partial charge in [-0.3, -0.25) is 9.59 Å². The Hall–Kier alpha value is -1.06.